The maximum Gasteiger partial charge on any atom is 0.335 e. The summed E-state index contributed by atoms with van der Waals surface area (Å²) in [4.78, 5) is 29.7. The number of aromatic nitrogens is 2. The van der Waals surface area contributed by atoms with Crippen LogP contribution in [-0.4, -0.2) is 28.0 Å². The molecule has 0 saturated heterocycles. The van der Waals surface area contributed by atoms with E-state index in [2.05, 4.69) is 4.99 Å². The molecule has 26 heavy (non-hydrogen) atoms. The Bertz CT molecular complexity index is 960. The molecule has 0 fully saturated rings. The maximum absolute atomic E-state index is 12.8. The van der Waals surface area contributed by atoms with E-state index >= 15 is 0 Å². The van der Waals surface area contributed by atoms with Crippen LogP contribution in [0.1, 0.15) is 36.2 Å². The molecule has 1 aromatic carbocycles. The Labute approximate surface area is 153 Å². The molecule has 0 aliphatic rings. The summed E-state index contributed by atoms with van der Waals surface area (Å²) in [5.74, 6) is 0.633. The van der Waals surface area contributed by atoms with Crippen molar-refractivity contribution in [1.82, 2.24) is 9.13 Å². The Balaban J connectivity index is 2.72. The highest BCUT2D eigenvalue weighted by atomic mass is 16.5. The first kappa shape index (κ1) is 19.7. The second-order valence-electron chi connectivity index (χ2n) is 6.72. The molecule has 0 amide bonds. The zero-order chi connectivity index (χ0) is 19.8. The zero-order valence-electron chi connectivity index (χ0n) is 16.8. The number of hydrogen-bond donors (Lipinski definition) is 0. The highest BCUT2D eigenvalue weighted by Crippen LogP contribution is 2.25. The molecule has 6 heteroatoms. The molecule has 1 unspecified atom stereocenters. The van der Waals surface area contributed by atoms with Gasteiger partial charge >= 0.3 is 5.69 Å². The second kappa shape index (κ2) is 7.32. The Morgan fingerprint density at radius 2 is 1.73 bits per heavy atom. The number of ether oxygens (including phenoxy) is 1. The van der Waals surface area contributed by atoms with Crippen LogP contribution in [0.5, 0.6) is 5.75 Å². The van der Waals surface area contributed by atoms with Crippen molar-refractivity contribution in [2.45, 2.75) is 47.6 Å². The van der Waals surface area contributed by atoms with E-state index < -0.39 is 0 Å². The fourth-order valence-electron chi connectivity index (χ4n) is 2.81. The number of benzene rings is 1. The van der Waals surface area contributed by atoms with Crippen LogP contribution in [0.15, 0.2) is 26.7 Å². The normalized spacial score (nSPS) is 13.0. The fourth-order valence-corrected chi connectivity index (χ4v) is 2.81. The van der Waals surface area contributed by atoms with E-state index in [1.165, 1.54) is 9.13 Å². The van der Waals surface area contributed by atoms with Gasteiger partial charge in [0.15, 0.2) is 0 Å². The van der Waals surface area contributed by atoms with E-state index in [-0.39, 0.29) is 17.4 Å². The lowest BCUT2D eigenvalue weighted by Gasteiger charge is -2.19. The SMILES string of the molecule is CN=C(C)C(C)Oc1cc(-n2c(=O)c(C)c(C)n(C)c2=O)c(C)cc1C. The third kappa shape index (κ3) is 3.36. The van der Waals surface area contributed by atoms with Gasteiger partial charge in [0.1, 0.15) is 11.9 Å². The standard InChI is InChI=1S/C20H27N3O3/c1-11-9-12(2)18(26-16(6)14(4)21-7)10-17(11)23-19(24)13(3)15(5)22(8)20(23)25/h9-10,16H,1-8H3. The number of aryl methyl sites for hydroxylation is 2. The van der Waals surface area contributed by atoms with Crippen LogP contribution in [0.25, 0.3) is 5.69 Å². The molecule has 0 aliphatic heterocycles. The maximum atomic E-state index is 12.8. The van der Waals surface area contributed by atoms with Gasteiger partial charge in [-0.15, -0.1) is 0 Å². The van der Waals surface area contributed by atoms with Gasteiger partial charge in [-0.2, -0.15) is 0 Å². The topological polar surface area (TPSA) is 65.6 Å². The summed E-state index contributed by atoms with van der Waals surface area (Å²) < 4.78 is 8.73. The van der Waals surface area contributed by atoms with Crippen molar-refractivity contribution in [1.29, 1.82) is 0 Å². The van der Waals surface area contributed by atoms with Gasteiger partial charge in [-0.3, -0.25) is 9.79 Å². The van der Waals surface area contributed by atoms with Crippen LogP contribution >= 0.6 is 0 Å². The molecular weight excluding hydrogens is 330 g/mol. The van der Waals surface area contributed by atoms with Gasteiger partial charge < -0.3 is 9.30 Å². The van der Waals surface area contributed by atoms with Crippen LogP contribution in [0, 0.1) is 27.7 Å². The first-order chi connectivity index (χ1) is 12.1. The molecule has 140 valence electrons. The predicted molar refractivity (Wildman–Crippen MR) is 105 cm³/mol. The zero-order valence-corrected chi connectivity index (χ0v) is 16.8. The van der Waals surface area contributed by atoms with Crippen LogP contribution in [-0.2, 0) is 7.05 Å². The van der Waals surface area contributed by atoms with Crippen molar-refractivity contribution >= 4 is 5.71 Å². The lowest BCUT2D eigenvalue weighted by molar-refractivity contribution is 0.284. The lowest BCUT2D eigenvalue weighted by Crippen LogP contribution is -2.40. The number of aliphatic imine (C=N–C) groups is 1. The van der Waals surface area contributed by atoms with Gasteiger partial charge in [0.05, 0.1) is 5.69 Å². The van der Waals surface area contributed by atoms with Crippen LogP contribution in [0.3, 0.4) is 0 Å². The molecule has 0 N–H and O–H groups in total. The minimum atomic E-state index is -0.365. The van der Waals surface area contributed by atoms with E-state index in [1.807, 2.05) is 33.8 Å². The molecule has 0 saturated carbocycles. The van der Waals surface area contributed by atoms with Crippen molar-refractivity contribution in [2.24, 2.45) is 12.0 Å². The monoisotopic (exact) mass is 357 g/mol. The van der Waals surface area contributed by atoms with Gasteiger partial charge in [-0.05, 0) is 52.7 Å². The Hall–Kier alpha value is -2.63. The number of nitrogens with zero attached hydrogens (tertiary/aromatic N) is 3. The van der Waals surface area contributed by atoms with E-state index in [9.17, 15) is 9.59 Å². The van der Waals surface area contributed by atoms with Crippen LogP contribution < -0.4 is 16.0 Å². The second-order valence-corrected chi connectivity index (χ2v) is 6.72. The van der Waals surface area contributed by atoms with E-state index in [0.29, 0.717) is 22.7 Å². The summed E-state index contributed by atoms with van der Waals surface area (Å²) in [5.41, 5.74) is 3.74. The number of hydrogen-bond acceptors (Lipinski definition) is 4. The predicted octanol–water partition coefficient (Wildman–Crippen LogP) is 2.63. The van der Waals surface area contributed by atoms with Gasteiger partial charge in [-0.1, -0.05) is 6.07 Å². The Morgan fingerprint density at radius 3 is 2.31 bits per heavy atom. The summed E-state index contributed by atoms with van der Waals surface area (Å²) in [5, 5.41) is 0. The molecule has 1 atom stereocenters. The molecule has 2 rings (SSSR count). The average Bonchev–Trinajstić information content (AvgIpc) is 2.61. The molecule has 0 bridgehead atoms. The fraction of sp³-hybridized carbons (Fsp3) is 0.450. The minimum absolute atomic E-state index is 0.200. The third-order valence-electron chi connectivity index (χ3n) is 5.03. The first-order valence-electron chi connectivity index (χ1n) is 8.60. The smallest absolute Gasteiger partial charge is 0.335 e. The summed E-state index contributed by atoms with van der Waals surface area (Å²) >= 11 is 0. The van der Waals surface area contributed by atoms with E-state index in [1.54, 1.807) is 34.0 Å². The molecule has 0 spiro atoms. The van der Waals surface area contributed by atoms with Crippen LogP contribution in [0.2, 0.25) is 0 Å². The van der Waals surface area contributed by atoms with E-state index in [0.717, 1.165) is 16.8 Å². The molecule has 2 aromatic rings. The highest BCUT2D eigenvalue weighted by molar-refractivity contribution is 5.86. The summed E-state index contributed by atoms with van der Waals surface area (Å²) in [6.07, 6.45) is -0.200. The van der Waals surface area contributed by atoms with Crippen LogP contribution in [0.4, 0.5) is 0 Å². The van der Waals surface area contributed by atoms with Crippen molar-refractivity contribution in [3.63, 3.8) is 0 Å². The van der Waals surface area contributed by atoms with Gasteiger partial charge in [0, 0.05) is 37.1 Å². The van der Waals surface area contributed by atoms with Crippen molar-refractivity contribution < 1.29 is 4.74 Å². The molecule has 1 heterocycles. The molecule has 1 aromatic heterocycles. The Kier molecular flexibility index (Phi) is 5.54. The highest BCUT2D eigenvalue weighted by Gasteiger charge is 2.17. The third-order valence-corrected chi connectivity index (χ3v) is 5.03. The van der Waals surface area contributed by atoms with Crippen molar-refractivity contribution in [3.8, 4) is 11.4 Å². The molecule has 0 aliphatic carbocycles. The molecule has 6 nitrogen and oxygen atoms in total. The van der Waals surface area contributed by atoms with Gasteiger partial charge in [-0.25, -0.2) is 9.36 Å². The number of rotatable bonds is 4. The van der Waals surface area contributed by atoms with Crippen molar-refractivity contribution in [3.05, 3.63) is 55.4 Å². The molecular formula is C20H27N3O3. The largest absolute Gasteiger partial charge is 0.484 e. The average molecular weight is 357 g/mol. The minimum Gasteiger partial charge on any atom is -0.484 e. The van der Waals surface area contributed by atoms with Gasteiger partial charge in [0.25, 0.3) is 5.56 Å². The lowest BCUT2D eigenvalue weighted by atomic mass is 10.1. The summed E-state index contributed by atoms with van der Waals surface area (Å²) in [6.45, 7) is 11.2. The Morgan fingerprint density at radius 1 is 1.12 bits per heavy atom. The van der Waals surface area contributed by atoms with E-state index in [4.69, 9.17) is 4.74 Å². The summed E-state index contributed by atoms with van der Waals surface area (Å²) in [6, 6.07) is 3.69. The molecule has 0 radical (unpaired) electrons. The first-order valence-corrected chi connectivity index (χ1v) is 8.60. The van der Waals surface area contributed by atoms with Crippen molar-refractivity contribution in [2.75, 3.05) is 7.05 Å². The summed E-state index contributed by atoms with van der Waals surface area (Å²) in [7, 11) is 3.39. The van der Waals surface area contributed by atoms with Gasteiger partial charge in [0.2, 0.25) is 0 Å². The quantitative estimate of drug-likeness (QED) is 0.790.